The maximum absolute atomic E-state index is 11.8. The highest BCUT2D eigenvalue weighted by Gasteiger charge is 2.45. The first kappa shape index (κ1) is 13.8. The van der Waals surface area contributed by atoms with Gasteiger partial charge in [-0.2, -0.15) is 11.8 Å². The summed E-state index contributed by atoms with van der Waals surface area (Å²) in [7, 11) is 1.44. The largest absolute Gasteiger partial charge is 0.468 e. The van der Waals surface area contributed by atoms with Gasteiger partial charge in [-0.3, -0.25) is 4.79 Å². The molecule has 5 heteroatoms. The van der Waals surface area contributed by atoms with Crippen LogP contribution in [-0.4, -0.2) is 47.9 Å². The van der Waals surface area contributed by atoms with Crippen LogP contribution in [0.15, 0.2) is 0 Å². The summed E-state index contributed by atoms with van der Waals surface area (Å²) < 4.78 is 4.88. The van der Waals surface area contributed by atoms with Gasteiger partial charge in [0.1, 0.15) is 5.54 Å². The molecule has 0 aliphatic heterocycles. The third-order valence-electron chi connectivity index (χ3n) is 3.01. The fourth-order valence-electron chi connectivity index (χ4n) is 2.31. The number of carbonyl (C=O) groups excluding carboxylic acids is 1. The van der Waals surface area contributed by atoms with Gasteiger partial charge in [0.05, 0.1) is 13.7 Å². The number of ether oxygens (including phenoxy) is 1. The topological polar surface area (TPSA) is 58.6 Å². The zero-order valence-corrected chi connectivity index (χ0v) is 10.8. The number of aliphatic hydroxyl groups excluding tert-OH is 1. The fourth-order valence-corrected chi connectivity index (χ4v) is 3.44. The second-order valence-corrected chi connectivity index (χ2v) is 5.47. The number of hydrogen-bond acceptors (Lipinski definition) is 5. The quantitative estimate of drug-likeness (QED) is 0.680. The summed E-state index contributed by atoms with van der Waals surface area (Å²) in [4.78, 5) is 11.8. The SMILES string of the molecule is CCNC1(C(=O)OC)CCC(SCCO)C1. The lowest BCUT2D eigenvalue weighted by atomic mass is 9.98. The summed E-state index contributed by atoms with van der Waals surface area (Å²) >= 11 is 1.74. The molecule has 4 nitrogen and oxygen atoms in total. The first-order valence-electron chi connectivity index (χ1n) is 5.74. The van der Waals surface area contributed by atoms with Crippen LogP contribution >= 0.6 is 11.8 Å². The number of hydrogen-bond donors (Lipinski definition) is 2. The van der Waals surface area contributed by atoms with Gasteiger partial charge in [0.25, 0.3) is 0 Å². The maximum atomic E-state index is 11.8. The van der Waals surface area contributed by atoms with E-state index in [0.29, 0.717) is 5.25 Å². The van der Waals surface area contributed by atoms with Gasteiger partial charge >= 0.3 is 5.97 Å². The van der Waals surface area contributed by atoms with E-state index in [1.54, 1.807) is 11.8 Å². The Morgan fingerprint density at radius 3 is 3.00 bits per heavy atom. The lowest BCUT2D eigenvalue weighted by molar-refractivity contribution is -0.148. The number of rotatable bonds is 6. The molecule has 1 aliphatic rings. The van der Waals surface area contributed by atoms with Gasteiger partial charge in [0.2, 0.25) is 0 Å². The highest BCUT2D eigenvalue weighted by atomic mass is 32.2. The van der Waals surface area contributed by atoms with Crippen molar-refractivity contribution in [2.45, 2.75) is 37.0 Å². The van der Waals surface area contributed by atoms with Crippen LogP contribution < -0.4 is 5.32 Å². The second-order valence-electron chi connectivity index (χ2n) is 4.06. The summed E-state index contributed by atoms with van der Waals surface area (Å²) in [5.74, 6) is 0.593. The monoisotopic (exact) mass is 247 g/mol. The van der Waals surface area contributed by atoms with Crippen LogP contribution in [0.2, 0.25) is 0 Å². The molecule has 1 saturated carbocycles. The Morgan fingerprint density at radius 1 is 1.69 bits per heavy atom. The molecule has 0 radical (unpaired) electrons. The highest BCUT2D eigenvalue weighted by Crippen LogP contribution is 2.37. The zero-order chi connectivity index (χ0) is 12.0. The normalized spacial score (nSPS) is 29.3. The van der Waals surface area contributed by atoms with Crippen molar-refractivity contribution in [1.82, 2.24) is 5.32 Å². The predicted molar refractivity (Wildman–Crippen MR) is 65.6 cm³/mol. The molecule has 1 aliphatic carbocycles. The summed E-state index contributed by atoms with van der Waals surface area (Å²) in [6, 6.07) is 0. The van der Waals surface area contributed by atoms with Gasteiger partial charge in [-0.05, 0) is 25.8 Å². The molecule has 0 spiro atoms. The van der Waals surface area contributed by atoms with Crippen molar-refractivity contribution in [3.05, 3.63) is 0 Å². The van der Waals surface area contributed by atoms with Crippen LogP contribution in [0, 0.1) is 0 Å². The average molecular weight is 247 g/mol. The van der Waals surface area contributed by atoms with Gasteiger partial charge in [0, 0.05) is 11.0 Å². The molecule has 2 atom stereocenters. The Labute approximate surface area is 101 Å². The van der Waals surface area contributed by atoms with Crippen LogP contribution in [0.3, 0.4) is 0 Å². The van der Waals surface area contributed by atoms with Gasteiger partial charge < -0.3 is 15.2 Å². The van der Waals surface area contributed by atoms with E-state index >= 15 is 0 Å². The first-order valence-corrected chi connectivity index (χ1v) is 6.79. The van der Waals surface area contributed by atoms with E-state index in [1.165, 1.54) is 7.11 Å². The number of nitrogens with one attached hydrogen (secondary N) is 1. The van der Waals surface area contributed by atoms with E-state index < -0.39 is 5.54 Å². The van der Waals surface area contributed by atoms with E-state index in [4.69, 9.17) is 9.84 Å². The summed E-state index contributed by atoms with van der Waals surface area (Å²) in [5, 5.41) is 12.5. The van der Waals surface area contributed by atoms with Gasteiger partial charge in [-0.25, -0.2) is 0 Å². The molecule has 0 aromatic rings. The number of likely N-dealkylation sites (N-methyl/N-ethyl adjacent to an activating group) is 1. The molecule has 16 heavy (non-hydrogen) atoms. The van der Waals surface area contributed by atoms with Crippen LogP contribution in [0.5, 0.6) is 0 Å². The highest BCUT2D eigenvalue weighted by molar-refractivity contribution is 7.99. The molecular formula is C11H21NO3S. The Morgan fingerprint density at radius 2 is 2.44 bits per heavy atom. The lowest BCUT2D eigenvalue weighted by Crippen LogP contribution is -2.50. The number of thioether (sulfide) groups is 1. The number of aliphatic hydroxyl groups is 1. The Kier molecular flexibility index (Phi) is 5.58. The molecule has 0 aromatic heterocycles. The van der Waals surface area contributed by atoms with Crippen molar-refractivity contribution < 1.29 is 14.6 Å². The molecule has 1 fully saturated rings. The van der Waals surface area contributed by atoms with E-state index in [-0.39, 0.29) is 12.6 Å². The molecule has 1 rings (SSSR count). The summed E-state index contributed by atoms with van der Waals surface area (Å²) in [6.07, 6.45) is 2.64. The molecule has 0 bridgehead atoms. The standard InChI is InChI=1S/C11H21NO3S/c1-3-12-11(10(14)15-2)5-4-9(8-11)16-7-6-13/h9,12-13H,3-8H2,1-2H3. The molecule has 0 saturated heterocycles. The number of methoxy groups -OCH3 is 1. The molecule has 2 unspecified atom stereocenters. The molecule has 0 heterocycles. The van der Waals surface area contributed by atoms with Crippen molar-refractivity contribution >= 4 is 17.7 Å². The average Bonchev–Trinajstić information content (AvgIpc) is 2.70. The molecule has 94 valence electrons. The van der Waals surface area contributed by atoms with E-state index in [2.05, 4.69) is 5.32 Å². The van der Waals surface area contributed by atoms with Crippen molar-refractivity contribution in [3.63, 3.8) is 0 Å². The Bertz CT molecular complexity index is 237. The second kappa shape index (κ2) is 6.47. The summed E-state index contributed by atoms with van der Waals surface area (Å²) in [6.45, 7) is 2.97. The molecule has 0 aromatic carbocycles. The summed E-state index contributed by atoms with van der Waals surface area (Å²) in [5.41, 5.74) is -0.489. The minimum Gasteiger partial charge on any atom is -0.468 e. The molecule has 0 amide bonds. The van der Waals surface area contributed by atoms with Crippen LogP contribution in [0.1, 0.15) is 26.2 Å². The van der Waals surface area contributed by atoms with Gasteiger partial charge in [-0.1, -0.05) is 6.92 Å². The third kappa shape index (κ3) is 3.12. The van der Waals surface area contributed by atoms with Crippen molar-refractivity contribution in [3.8, 4) is 0 Å². The van der Waals surface area contributed by atoms with Gasteiger partial charge in [0.15, 0.2) is 0 Å². The predicted octanol–water partition coefficient (Wildman–Crippen LogP) is 0.786. The molecule has 2 N–H and O–H groups in total. The van der Waals surface area contributed by atoms with Crippen molar-refractivity contribution in [2.24, 2.45) is 0 Å². The lowest BCUT2D eigenvalue weighted by Gasteiger charge is -2.27. The van der Waals surface area contributed by atoms with Crippen LogP contribution in [0.25, 0.3) is 0 Å². The smallest absolute Gasteiger partial charge is 0.326 e. The zero-order valence-electron chi connectivity index (χ0n) is 9.99. The van der Waals surface area contributed by atoms with E-state index in [9.17, 15) is 4.79 Å². The van der Waals surface area contributed by atoms with E-state index in [1.807, 2.05) is 6.92 Å². The maximum Gasteiger partial charge on any atom is 0.326 e. The minimum atomic E-state index is -0.489. The number of esters is 1. The molecular weight excluding hydrogens is 226 g/mol. The minimum absolute atomic E-state index is 0.151. The third-order valence-corrected chi connectivity index (χ3v) is 4.30. The van der Waals surface area contributed by atoms with E-state index in [0.717, 1.165) is 31.6 Å². The Balaban J connectivity index is 2.57. The Hall–Kier alpha value is -0.260. The fraction of sp³-hybridized carbons (Fsp3) is 0.909. The van der Waals surface area contributed by atoms with Gasteiger partial charge in [-0.15, -0.1) is 0 Å². The van der Waals surface area contributed by atoms with Crippen molar-refractivity contribution in [2.75, 3.05) is 26.0 Å². The van der Waals surface area contributed by atoms with Crippen molar-refractivity contribution in [1.29, 1.82) is 0 Å². The number of carbonyl (C=O) groups is 1. The first-order chi connectivity index (χ1) is 7.68. The van der Waals surface area contributed by atoms with Crippen LogP contribution in [0.4, 0.5) is 0 Å². The van der Waals surface area contributed by atoms with Crippen LogP contribution in [-0.2, 0) is 9.53 Å².